The van der Waals surface area contributed by atoms with Gasteiger partial charge in [-0.2, -0.15) is 4.98 Å². The Bertz CT molecular complexity index is 471. The van der Waals surface area contributed by atoms with Crippen molar-refractivity contribution < 1.29 is 14.1 Å². The van der Waals surface area contributed by atoms with Crippen molar-refractivity contribution in [2.45, 2.75) is 32.7 Å². The van der Waals surface area contributed by atoms with Crippen LogP contribution in [0.3, 0.4) is 0 Å². The van der Waals surface area contributed by atoms with Gasteiger partial charge in [0.25, 0.3) is 0 Å². The van der Waals surface area contributed by atoms with Crippen LogP contribution < -0.4 is 5.32 Å². The van der Waals surface area contributed by atoms with Gasteiger partial charge in [0.05, 0.1) is 19.6 Å². The fraction of sp³-hybridized carbons (Fsp3) is 0.800. The predicted molar refractivity (Wildman–Crippen MR) is 85.0 cm³/mol. The quantitative estimate of drug-likeness (QED) is 0.764. The molecule has 1 aliphatic heterocycles. The average Bonchev–Trinajstić information content (AvgIpc) is 3.04. The molecule has 0 spiro atoms. The lowest BCUT2D eigenvalue weighted by Crippen LogP contribution is -2.51. The van der Waals surface area contributed by atoms with Crippen molar-refractivity contribution in [2.24, 2.45) is 0 Å². The van der Waals surface area contributed by atoms with Crippen LogP contribution in [0.1, 0.15) is 31.5 Å². The van der Waals surface area contributed by atoms with Crippen LogP contribution >= 0.6 is 0 Å². The number of hydrogen-bond donors (Lipinski definition) is 1. The fourth-order valence-electron chi connectivity index (χ4n) is 2.48. The molecule has 0 radical (unpaired) electrons. The molecule has 2 rings (SSSR count). The maximum Gasteiger partial charge on any atom is 0.317 e. The van der Waals surface area contributed by atoms with E-state index in [0.717, 1.165) is 32.7 Å². The molecule has 8 nitrogen and oxygen atoms in total. The molecule has 23 heavy (non-hydrogen) atoms. The fourth-order valence-corrected chi connectivity index (χ4v) is 2.48. The largest absolute Gasteiger partial charge is 0.384 e. The molecule has 1 fully saturated rings. The van der Waals surface area contributed by atoms with Gasteiger partial charge in [-0.3, -0.25) is 4.90 Å². The lowest BCUT2D eigenvalue weighted by molar-refractivity contribution is 0.138. The van der Waals surface area contributed by atoms with Crippen LogP contribution in [0.25, 0.3) is 0 Å². The average molecular weight is 325 g/mol. The van der Waals surface area contributed by atoms with Gasteiger partial charge in [0.1, 0.15) is 0 Å². The topological polar surface area (TPSA) is 83.7 Å². The number of nitrogens with one attached hydrogen (secondary N) is 1. The van der Waals surface area contributed by atoms with Crippen LogP contribution in [0.5, 0.6) is 0 Å². The summed E-state index contributed by atoms with van der Waals surface area (Å²) in [7, 11) is 1.62. The molecule has 0 aromatic carbocycles. The Hall–Kier alpha value is -1.67. The molecule has 1 saturated heterocycles. The number of methoxy groups -OCH3 is 1. The van der Waals surface area contributed by atoms with E-state index in [9.17, 15) is 4.79 Å². The highest BCUT2D eigenvalue weighted by Crippen LogP contribution is 2.04. The van der Waals surface area contributed by atoms with E-state index >= 15 is 0 Å². The number of rotatable bonds is 8. The molecule has 130 valence electrons. The highest BCUT2D eigenvalue weighted by molar-refractivity contribution is 5.74. The number of nitrogens with zero attached hydrogens (tertiary/aromatic N) is 4. The first-order chi connectivity index (χ1) is 11.2. The number of ether oxygens (including phenoxy) is 1. The van der Waals surface area contributed by atoms with Crippen molar-refractivity contribution in [3.05, 3.63) is 11.7 Å². The van der Waals surface area contributed by atoms with E-state index in [-0.39, 0.29) is 12.6 Å². The summed E-state index contributed by atoms with van der Waals surface area (Å²) >= 11 is 0. The molecule has 1 aromatic heterocycles. The van der Waals surface area contributed by atoms with Gasteiger partial charge in [-0.05, 0) is 13.0 Å². The smallest absolute Gasteiger partial charge is 0.317 e. The second kappa shape index (κ2) is 9.46. The highest BCUT2D eigenvalue weighted by Gasteiger charge is 2.20. The van der Waals surface area contributed by atoms with Crippen molar-refractivity contribution in [3.63, 3.8) is 0 Å². The van der Waals surface area contributed by atoms with Crippen molar-refractivity contribution in [1.82, 2.24) is 25.3 Å². The third-order valence-corrected chi connectivity index (χ3v) is 3.92. The van der Waals surface area contributed by atoms with E-state index in [1.54, 1.807) is 7.11 Å². The molecule has 2 heterocycles. The molecular formula is C15H27N5O3. The highest BCUT2D eigenvalue weighted by atomic mass is 16.5. The van der Waals surface area contributed by atoms with Gasteiger partial charge in [0, 0.05) is 33.3 Å². The van der Waals surface area contributed by atoms with Crippen molar-refractivity contribution in [1.29, 1.82) is 0 Å². The monoisotopic (exact) mass is 325 g/mol. The Morgan fingerprint density at radius 2 is 2.13 bits per heavy atom. The third kappa shape index (κ3) is 5.80. The number of carbonyl (C=O) groups excluding carboxylic acids is 1. The first-order valence-electron chi connectivity index (χ1n) is 8.28. The number of urea groups is 1. The Kier molecular flexibility index (Phi) is 7.28. The number of piperazine rings is 1. The summed E-state index contributed by atoms with van der Waals surface area (Å²) in [5.41, 5.74) is 0. The van der Waals surface area contributed by atoms with E-state index in [1.807, 2.05) is 4.90 Å². The molecule has 2 amide bonds. The predicted octanol–water partition coefficient (Wildman–Crippen LogP) is 0.886. The van der Waals surface area contributed by atoms with Crippen LogP contribution in [-0.2, 0) is 17.7 Å². The number of carbonyl (C=O) groups is 1. The molecule has 0 bridgehead atoms. The van der Waals surface area contributed by atoms with Gasteiger partial charge >= 0.3 is 6.03 Å². The van der Waals surface area contributed by atoms with E-state index in [2.05, 4.69) is 27.3 Å². The molecule has 0 aliphatic carbocycles. The zero-order valence-electron chi connectivity index (χ0n) is 14.1. The summed E-state index contributed by atoms with van der Waals surface area (Å²) in [4.78, 5) is 20.6. The second-order valence-electron chi connectivity index (χ2n) is 5.69. The lowest BCUT2D eigenvalue weighted by Gasteiger charge is -2.34. The Morgan fingerprint density at radius 1 is 1.35 bits per heavy atom. The van der Waals surface area contributed by atoms with Gasteiger partial charge < -0.3 is 19.5 Å². The zero-order chi connectivity index (χ0) is 16.5. The normalized spacial score (nSPS) is 15.8. The molecule has 1 N–H and O–H groups in total. The maximum absolute atomic E-state index is 12.2. The Balaban J connectivity index is 1.68. The minimum atomic E-state index is -0.0663. The maximum atomic E-state index is 12.2. The first-order valence-corrected chi connectivity index (χ1v) is 8.28. The summed E-state index contributed by atoms with van der Waals surface area (Å²) in [5.74, 6) is 1.02. The van der Waals surface area contributed by atoms with Crippen molar-refractivity contribution >= 4 is 6.03 Å². The third-order valence-electron chi connectivity index (χ3n) is 3.92. The lowest BCUT2D eigenvalue weighted by atomic mass is 10.2. The standard InChI is InChI=1S/C15H27N5O3/c1-3-4-6-19-7-9-20(10-8-19)15(21)16-12-13-17-14(23-18-13)5-11-22-2/h3-12H2,1-2H3,(H,16,21). The number of amides is 2. The summed E-state index contributed by atoms with van der Waals surface area (Å²) in [5, 5.41) is 6.70. The number of aromatic nitrogens is 2. The summed E-state index contributed by atoms with van der Waals surface area (Å²) in [6.45, 7) is 7.55. The second-order valence-corrected chi connectivity index (χ2v) is 5.69. The van der Waals surface area contributed by atoms with E-state index < -0.39 is 0 Å². The van der Waals surface area contributed by atoms with Crippen LogP contribution in [0, 0.1) is 0 Å². The Morgan fingerprint density at radius 3 is 2.83 bits per heavy atom. The van der Waals surface area contributed by atoms with Crippen LogP contribution in [0.4, 0.5) is 4.79 Å². The number of unbranched alkanes of at least 4 members (excludes halogenated alkanes) is 1. The minimum Gasteiger partial charge on any atom is -0.384 e. The molecule has 8 heteroatoms. The Labute approximate surface area is 137 Å². The number of hydrogen-bond acceptors (Lipinski definition) is 6. The van der Waals surface area contributed by atoms with Gasteiger partial charge in [-0.25, -0.2) is 4.79 Å². The molecule has 0 unspecified atom stereocenters. The van der Waals surface area contributed by atoms with Crippen molar-refractivity contribution in [2.75, 3.05) is 46.4 Å². The van der Waals surface area contributed by atoms with Gasteiger partial charge in [-0.15, -0.1) is 0 Å². The molecule has 0 saturated carbocycles. The molecule has 0 atom stereocenters. The van der Waals surface area contributed by atoms with E-state index in [0.29, 0.717) is 24.7 Å². The van der Waals surface area contributed by atoms with Crippen LogP contribution in [-0.4, -0.2) is 72.4 Å². The van der Waals surface area contributed by atoms with E-state index in [4.69, 9.17) is 9.26 Å². The molecular weight excluding hydrogens is 298 g/mol. The first kappa shape index (κ1) is 17.7. The summed E-state index contributed by atoms with van der Waals surface area (Å²) in [6, 6.07) is -0.0663. The van der Waals surface area contributed by atoms with E-state index in [1.165, 1.54) is 12.8 Å². The SMILES string of the molecule is CCCCN1CCN(C(=O)NCc2noc(CCOC)n2)CC1. The molecule has 1 aliphatic rings. The minimum absolute atomic E-state index is 0.0663. The van der Waals surface area contributed by atoms with Gasteiger partial charge in [0.2, 0.25) is 5.89 Å². The van der Waals surface area contributed by atoms with Gasteiger partial charge in [0.15, 0.2) is 5.82 Å². The van der Waals surface area contributed by atoms with Crippen LogP contribution in [0.2, 0.25) is 0 Å². The summed E-state index contributed by atoms with van der Waals surface area (Å²) in [6.07, 6.45) is 3.00. The molecule has 1 aromatic rings. The zero-order valence-corrected chi connectivity index (χ0v) is 14.1. The van der Waals surface area contributed by atoms with Crippen molar-refractivity contribution in [3.8, 4) is 0 Å². The van der Waals surface area contributed by atoms with Gasteiger partial charge in [-0.1, -0.05) is 18.5 Å². The van der Waals surface area contributed by atoms with Crippen LogP contribution in [0.15, 0.2) is 4.52 Å². The summed E-state index contributed by atoms with van der Waals surface area (Å²) < 4.78 is 10.0.